The number of aromatic nitrogens is 1. The van der Waals surface area contributed by atoms with Crippen LogP contribution in [0.5, 0.6) is 11.5 Å². The zero-order valence-corrected chi connectivity index (χ0v) is 15.5. The summed E-state index contributed by atoms with van der Waals surface area (Å²) in [5, 5.41) is 1.02. The summed E-state index contributed by atoms with van der Waals surface area (Å²) >= 11 is 0. The molecule has 1 saturated heterocycles. The molecule has 0 saturated carbocycles. The van der Waals surface area contributed by atoms with Crippen LogP contribution in [-0.4, -0.2) is 42.7 Å². The first-order valence-electron chi connectivity index (χ1n) is 9.05. The van der Waals surface area contributed by atoms with E-state index >= 15 is 0 Å². The van der Waals surface area contributed by atoms with E-state index in [9.17, 15) is 0 Å². The third-order valence-electron chi connectivity index (χ3n) is 5.19. The standard InChI is InChI=1S/C22H24N2O2/c1-15-11-18(14-24(15)2)26-22-13-20(16-7-5-4-6-8-16)23-21-12-17(25-3)9-10-19(21)22/h4-10,12-13,15,18H,11,14H2,1-3H3. The summed E-state index contributed by atoms with van der Waals surface area (Å²) in [5.74, 6) is 1.69. The van der Waals surface area contributed by atoms with Crippen molar-refractivity contribution in [1.29, 1.82) is 0 Å². The molecule has 4 nitrogen and oxygen atoms in total. The normalized spacial score (nSPS) is 20.4. The van der Waals surface area contributed by atoms with E-state index < -0.39 is 0 Å². The van der Waals surface area contributed by atoms with Gasteiger partial charge in [0.2, 0.25) is 0 Å². The van der Waals surface area contributed by atoms with Crippen LogP contribution in [0.1, 0.15) is 13.3 Å². The van der Waals surface area contributed by atoms with Gasteiger partial charge in [-0.05, 0) is 26.1 Å². The van der Waals surface area contributed by atoms with Crippen LogP contribution >= 0.6 is 0 Å². The zero-order chi connectivity index (χ0) is 18.1. The quantitative estimate of drug-likeness (QED) is 0.701. The lowest BCUT2D eigenvalue weighted by atomic mass is 10.1. The van der Waals surface area contributed by atoms with Gasteiger partial charge in [0.25, 0.3) is 0 Å². The molecule has 4 rings (SSSR count). The Morgan fingerprint density at radius 1 is 1.08 bits per heavy atom. The second-order valence-corrected chi connectivity index (χ2v) is 7.02. The average Bonchev–Trinajstić information content (AvgIpc) is 2.99. The molecule has 2 aromatic carbocycles. The smallest absolute Gasteiger partial charge is 0.131 e. The highest BCUT2D eigenvalue weighted by Gasteiger charge is 2.28. The van der Waals surface area contributed by atoms with Crippen molar-refractivity contribution in [2.24, 2.45) is 0 Å². The second-order valence-electron chi connectivity index (χ2n) is 7.02. The van der Waals surface area contributed by atoms with Gasteiger partial charge in [0, 0.05) is 42.1 Å². The summed E-state index contributed by atoms with van der Waals surface area (Å²) < 4.78 is 11.8. The van der Waals surface area contributed by atoms with Crippen LogP contribution in [0.4, 0.5) is 0 Å². The van der Waals surface area contributed by atoms with Gasteiger partial charge in [0.05, 0.1) is 18.3 Å². The molecule has 1 fully saturated rings. The molecule has 0 radical (unpaired) electrons. The van der Waals surface area contributed by atoms with Gasteiger partial charge in [-0.3, -0.25) is 4.90 Å². The molecular weight excluding hydrogens is 324 g/mol. The minimum Gasteiger partial charge on any atom is -0.497 e. The van der Waals surface area contributed by atoms with E-state index in [1.807, 2.05) is 36.4 Å². The third kappa shape index (κ3) is 3.25. The fourth-order valence-electron chi connectivity index (χ4n) is 3.56. The van der Waals surface area contributed by atoms with Crippen LogP contribution in [0.3, 0.4) is 0 Å². The third-order valence-corrected chi connectivity index (χ3v) is 5.19. The fourth-order valence-corrected chi connectivity index (χ4v) is 3.56. The molecule has 4 heteroatoms. The summed E-state index contributed by atoms with van der Waals surface area (Å²) in [4.78, 5) is 7.19. The monoisotopic (exact) mass is 348 g/mol. The van der Waals surface area contributed by atoms with Crippen molar-refractivity contribution in [1.82, 2.24) is 9.88 Å². The van der Waals surface area contributed by atoms with Gasteiger partial charge in [-0.1, -0.05) is 30.3 Å². The van der Waals surface area contributed by atoms with Crippen molar-refractivity contribution in [2.45, 2.75) is 25.5 Å². The molecular formula is C22H24N2O2. The molecule has 134 valence electrons. The number of rotatable bonds is 4. The maximum atomic E-state index is 6.44. The number of likely N-dealkylation sites (tertiary alicyclic amines) is 1. The first-order valence-corrected chi connectivity index (χ1v) is 9.05. The molecule has 26 heavy (non-hydrogen) atoms. The lowest BCUT2D eigenvalue weighted by Gasteiger charge is -2.17. The molecule has 0 N–H and O–H groups in total. The number of pyridine rings is 1. The predicted octanol–water partition coefficient (Wildman–Crippen LogP) is 4.38. The van der Waals surface area contributed by atoms with Gasteiger partial charge < -0.3 is 9.47 Å². The van der Waals surface area contributed by atoms with E-state index in [2.05, 4.69) is 37.1 Å². The molecule has 0 aliphatic carbocycles. The molecule has 1 aliphatic heterocycles. The van der Waals surface area contributed by atoms with E-state index in [1.165, 1.54) is 0 Å². The van der Waals surface area contributed by atoms with Crippen LogP contribution in [0.15, 0.2) is 54.6 Å². The van der Waals surface area contributed by atoms with Crippen LogP contribution < -0.4 is 9.47 Å². The Morgan fingerprint density at radius 2 is 1.88 bits per heavy atom. The molecule has 0 bridgehead atoms. The van der Waals surface area contributed by atoms with E-state index in [0.29, 0.717) is 6.04 Å². The molecule has 2 unspecified atom stereocenters. The van der Waals surface area contributed by atoms with Crippen molar-refractivity contribution in [3.63, 3.8) is 0 Å². The first-order chi connectivity index (χ1) is 12.6. The molecule has 2 heterocycles. The number of fused-ring (bicyclic) bond motifs is 1. The summed E-state index contributed by atoms with van der Waals surface area (Å²) in [5.41, 5.74) is 2.89. The van der Waals surface area contributed by atoms with Crippen molar-refractivity contribution in [2.75, 3.05) is 20.7 Å². The van der Waals surface area contributed by atoms with Crippen LogP contribution in [0.25, 0.3) is 22.2 Å². The van der Waals surface area contributed by atoms with E-state index in [1.54, 1.807) is 7.11 Å². The average molecular weight is 348 g/mol. The van der Waals surface area contributed by atoms with Crippen molar-refractivity contribution < 1.29 is 9.47 Å². The molecule has 1 aromatic heterocycles. The molecule has 0 amide bonds. The SMILES string of the molecule is COc1ccc2c(OC3CC(C)N(C)C3)cc(-c3ccccc3)nc2c1. The summed E-state index contributed by atoms with van der Waals surface area (Å²) in [6.45, 7) is 3.19. The maximum absolute atomic E-state index is 6.44. The molecule has 2 atom stereocenters. The van der Waals surface area contributed by atoms with Crippen LogP contribution in [-0.2, 0) is 0 Å². The number of hydrogen-bond donors (Lipinski definition) is 0. The maximum Gasteiger partial charge on any atom is 0.131 e. The van der Waals surface area contributed by atoms with Gasteiger partial charge in [-0.25, -0.2) is 4.98 Å². The summed E-state index contributed by atoms with van der Waals surface area (Å²) in [7, 11) is 3.83. The van der Waals surface area contributed by atoms with Crippen molar-refractivity contribution >= 4 is 10.9 Å². The highest BCUT2D eigenvalue weighted by molar-refractivity contribution is 5.89. The van der Waals surface area contributed by atoms with Gasteiger partial charge in [0.15, 0.2) is 0 Å². The number of nitrogens with zero attached hydrogens (tertiary/aromatic N) is 2. The highest BCUT2D eigenvalue weighted by Crippen LogP contribution is 2.34. The van der Waals surface area contributed by atoms with Gasteiger partial charge in [-0.15, -0.1) is 0 Å². The van der Waals surface area contributed by atoms with E-state index in [0.717, 1.165) is 46.6 Å². The fraction of sp³-hybridized carbons (Fsp3) is 0.318. The van der Waals surface area contributed by atoms with Crippen molar-refractivity contribution in [3.8, 4) is 22.8 Å². The number of hydrogen-bond acceptors (Lipinski definition) is 4. The number of ether oxygens (including phenoxy) is 2. The Bertz CT molecular complexity index is 901. The highest BCUT2D eigenvalue weighted by atomic mass is 16.5. The Labute approximate surface area is 154 Å². The summed E-state index contributed by atoms with van der Waals surface area (Å²) in [6, 6.07) is 18.8. The Morgan fingerprint density at radius 3 is 2.58 bits per heavy atom. The minimum absolute atomic E-state index is 0.200. The Kier molecular flexibility index (Phi) is 4.51. The first kappa shape index (κ1) is 16.9. The second kappa shape index (κ2) is 6.96. The van der Waals surface area contributed by atoms with Gasteiger partial charge in [0.1, 0.15) is 17.6 Å². The van der Waals surface area contributed by atoms with E-state index in [-0.39, 0.29) is 6.10 Å². The zero-order valence-electron chi connectivity index (χ0n) is 15.5. The number of methoxy groups -OCH3 is 1. The Hall–Kier alpha value is -2.59. The Balaban J connectivity index is 1.79. The molecule has 1 aliphatic rings. The lowest BCUT2D eigenvalue weighted by molar-refractivity contribution is 0.210. The van der Waals surface area contributed by atoms with Gasteiger partial charge >= 0.3 is 0 Å². The van der Waals surface area contributed by atoms with Crippen molar-refractivity contribution in [3.05, 3.63) is 54.6 Å². The summed E-state index contributed by atoms with van der Waals surface area (Å²) in [6.07, 6.45) is 1.24. The lowest BCUT2D eigenvalue weighted by Crippen LogP contribution is -2.23. The molecule has 0 spiro atoms. The van der Waals surface area contributed by atoms with E-state index in [4.69, 9.17) is 14.5 Å². The predicted molar refractivity (Wildman–Crippen MR) is 105 cm³/mol. The van der Waals surface area contributed by atoms with Crippen LogP contribution in [0, 0.1) is 0 Å². The van der Waals surface area contributed by atoms with Crippen LogP contribution in [0.2, 0.25) is 0 Å². The molecule has 3 aromatic rings. The number of benzene rings is 2. The largest absolute Gasteiger partial charge is 0.497 e. The van der Waals surface area contributed by atoms with Gasteiger partial charge in [-0.2, -0.15) is 0 Å². The topological polar surface area (TPSA) is 34.6 Å². The number of likely N-dealkylation sites (N-methyl/N-ethyl adjacent to an activating group) is 1. The minimum atomic E-state index is 0.200.